The second kappa shape index (κ2) is 8.67. The molecule has 0 radical (unpaired) electrons. The average molecular weight is 406 g/mol. The molecule has 1 aromatic heterocycles. The lowest BCUT2D eigenvalue weighted by molar-refractivity contribution is -0.126. The van der Waals surface area contributed by atoms with Crippen LogP contribution in [-0.2, 0) is 9.59 Å². The van der Waals surface area contributed by atoms with Gasteiger partial charge in [0.15, 0.2) is 0 Å². The lowest BCUT2D eigenvalue weighted by atomic mass is 10.1. The van der Waals surface area contributed by atoms with E-state index in [4.69, 9.17) is 20.8 Å². The zero-order chi connectivity index (χ0) is 20.3. The number of nitrogens with one attached hydrogen (secondary N) is 1. The van der Waals surface area contributed by atoms with Gasteiger partial charge in [0.1, 0.15) is 11.5 Å². The molecule has 0 unspecified atom stereocenters. The quantitative estimate of drug-likeness (QED) is 0.766. The van der Waals surface area contributed by atoms with Crippen LogP contribution in [0.5, 0.6) is 5.75 Å². The van der Waals surface area contributed by atoms with Crippen molar-refractivity contribution in [3.63, 3.8) is 0 Å². The van der Waals surface area contributed by atoms with E-state index in [1.807, 2.05) is 31.1 Å². The Bertz CT molecular complexity index is 838. The van der Waals surface area contributed by atoms with Gasteiger partial charge in [-0.2, -0.15) is 0 Å². The summed E-state index contributed by atoms with van der Waals surface area (Å²) in [5.41, 5.74) is 0.581. The molecule has 8 heteroatoms. The van der Waals surface area contributed by atoms with Crippen LogP contribution in [0.3, 0.4) is 0 Å². The van der Waals surface area contributed by atoms with Crippen molar-refractivity contribution in [2.24, 2.45) is 5.92 Å². The van der Waals surface area contributed by atoms with Crippen molar-refractivity contribution in [1.82, 2.24) is 10.2 Å². The van der Waals surface area contributed by atoms with Crippen molar-refractivity contribution < 1.29 is 18.7 Å². The third kappa shape index (κ3) is 4.31. The maximum atomic E-state index is 12.7. The van der Waals surface area contributed by atoms with Gasteiger partial charge in [0.05, 0.1) is 31.0 Å². The fraction of sp³-hybridized carbons (Fsp3) is 0.400. The molecule has 3 rings (SSSR count). The van der Waals surface area contributed by atoms with E-state index in [1.165, 1.54) is 7.11 Å². The number of hydrogen-bond acceptors (Lipinski definition) is 5. The van der Waals surface area contributed by atoms with Gasteiger partial charge in [0.25, 0.3) is 0 Å². The number of anilines is 1. The van der Waals surface area contributed by atoms with Crippen LogP contribution in [0.1, 0.15) is 18.2 Å². The summed E-state index contributed by atoms with van der Waals surface area (Å²) < 4.78 is 10.8. The molecular formula is C20H24ClN3O4. The smallest absolute Gasteiger partial charge is 0.227 e. The maximum Gasteiger partial charge on any atom is 0.227 e. The molecule has 0 bridgehead atoms. The number of furan rings is 1. The van der Waals surface area contributed by atoms with Gasteiger partial charge in [0.2, 0.25) is 11.8 Å². The number of hydrogen-bond donors (Lipinski definition) is 1. The normalized spacial score (nSPS) is 17.8. The molecule has 150 valence electrons. The van der Waals surface area contributed by atoms with Crippen LogP contribution in [0.4, 0.5) is 5.69 Å². The summed E-state index contributed by atoms with van der Waals surface area (Å²) in [5.74, 6) is 0.601. The van der Waals surface area contributed by atoms with Crippen LogP contribution in [-0.4, -0.2) is 51.0 Å². The highest BCUT2D eigenvalue weighted by atomic mass is 35.5. The van der Waals surface area contributed by atoms with Gasteiger partial charge in [-0.05, 0) is 44.4 Å². The zero-order valence-corrected chi connectivity index (χ0v) is 16.9. The van der Waals surface area contributed by atoms with Crippen molar-refractivity contribution in [3.8, 4) is 5.75 Å². The molecule has 2 amide bonds. The molecule has 1 aliphatic heterocycles. The molecular weight excluding hydrogens is 382 g/mol. The number of nitrogens with zero attached hydrogens (tertiary/aromatic N) is 2. The molecule has 2 heterocycles. The van der Waals surface area contributed by atoms with E-state index in [2.05, 4.69) is 5.32 Å². The van der Waals surface area contributed by atoms with Crippen LogP contribution in [0.2, 0.25) is 5.02 Å². The number of ether oxygens (including phenoxy) is 1. The van der Waals surface area contributed by atoms with Crippen LogP contribution in [0.25, 0.3) is 0 Å². The fourth-order valence-corrected chi connectivity index (χ4v) is 3.52. The Balaban J connectivity index is 1.66. The van der Waals surface area contributed by atoms with Crippen LogP contribution in [0, 0.1) is 5.92 Å². The Morgan fingerprint density at radius 2 is 2.21 bits per heavy atom. The summed E-state index contributed by atoms with van der Waals surface area (Å²) in [4.78, 5) is 28.8. The van der Waals surface area contributed by atoms with Gasteiger partial charge < -0.3 is 19.4 Å². The predicted octanol–water partition coefficient (Wildman–Crippen LogP) is 2.71. The third-order valence-corrected chi connectivity index (χ3v) is 5.13. The second-order valence-corrected chi connectivity index (χ2v) is 7.40. The van der Waals surface area contributed by atoms with Gasteiger partial charge in [-0.25, -0.2) is 0 Å². The number of rotatable bonds is 7. The highest BCUT2D eigenvalue weighted by Crippen LogP contribution is 2.35. The summed E-state index contributed by atoms with van der Waals surface area (Å²) in [6.07, 6.45) is 1.76. The number of carbonyl (C=O) groups excluding carboxylic acids is 2. The predicted molar refractivity (Wildman–Crippen MR) is 107 cm³/mol. The van der Waals surface area contributed by atoms with Gasteiger partial charge in [0, 0.05) is 24.5 Å². The van der Waals surface area contributed by atoms with E-state index < -0.39 is 5.92 Å². The zero-order valence-electron chi connectivity index (χ0n) is 16.1. The third-order valence-electron chi connectivity index (χ3n) is 4.89. The van der Waals surface area contributed by atoms with Gasteiger partial charge in [-0.1, -0.05) is 11.6 Å². The van der Waals surface area contributed by atoms with Crippen molar-refractivity contribution in [2.75, 3.05) is 39.2 Å². The summed E-state index contributed by atoms with van der Waals surface area (Å²) in [7, 11) is 5.38. The monoisotopic (exact) mass is 405 g/mol. The number of halogens is 1. The molecule has 0 saturated carbocycles. The standard InChI is InChI=1S/C20H24ClN3O4/c1-23(2)16(18-5-4-8-28-18)11-22-20(26)13-9-19(25)24(12-13)15-10-14(21)6-7-17(15)27-3/h4-8,10,13,16H,9,11-12H2,1-3H3,(H,22,26)/t13-,16+/m0/s1. The molecule has 0 aliphatic carbocycles. The summed E-state index contributed by atoms with van der Waals surface area (Å²) in [5, 5.41) is 3.45. The molecule has 1 N–H and O–H groups in total. The SMILES string of the molecule is COc1ccc(Cl)cc1N1C[C@@H](C(=O)NC[C@H](c2ccco2)N(C)C)CC1=O. The summed E-state index contributed by atoms with van der Waals surface area (Å²) in [6.45, 7) is 0.680. The second-order valence-electron chi connectivity index (χ2n) is 6.96. The molecule has 1 fully saturated rings. The minimum absolute atomic E-state index is 0.0832. The molecule has 2 aromatic rings. The Kier molecular flexibility index (Phi) is 6.26. The van der Waals surface area contributed by atoms with Crippen molar-refractivity contribution in [1.29, 1.82) is 0 Å². The van der Waals surface area contributed by atoms with E-state index in [9.17, 15) is 9.59 Å². The van der Waals surface area contributed by atoms with Gasteiger partial charge in [-0.3, -0.25) is 14.5 Å². The van der Waals surface area contributed by atoms with Crippen LogP contribution >= 0.6 is 11.6 Å². The largest absolute Gasteiger partial charge is 0.495 e. The average Bonchev–Trinajstić information content (AvgIpc) is 3.31. The van der Waals surface area contributed by atoms with Crippen molar-refractivity contribution in [2.45, 2.75) is 12.5 Å². The molecule has 1 aliphatic rings. The Morgan fingerprint density at radius 1 is 1.43 bits per heavy atom. The van der Waals surface area contributed by atoms with Crippen molar-refractivity contribution >= 4 is 29.1 Å². The van der Waals surface area contributed by atoms with E-state index in [0.717, 1.165) is 5.76 Å². The van der Waals surface area contributed by atoms with E-state index in [1.54, 1.807) is 29.4 Å². The van der Waals surface area contributed by atoms with E-state index >= 15 is 0 Å². The first-order chi connectivity index (χ1) is 13.4. The number of benzene rings is 1. The van der Waals surface area contributed by atoms with Crippen LogP contribution in [0.15, 0.2) is 41.0 Å². The topological polar surface area (TPSA) is 75.0 Å². The summed E-state index contributed by atoms with van der Waals surface area (Å²) in [6, 6.07) is 8.70. The molecule has 28 heavy (non-hydrogen) atoms. The Hall–Kier alpha value is -2.51. The highest BCUT2D eigenvalue weighted by molar-refractivity contribution is 6.31. The molecule has 1 aromatic carbocycles. The van der Waals surface area contributed by atoms with Crippen LogP contribution < -0.4 is 15.0 Å². The molecule has 2 atom stereocenters. The number of amides is 2. The first-order valence-corrected chi connectivity index (χ1v) is 9.40. The molecule has 7 nitrogen and oxygen atoms in total. The lowest BCUT2D eigenvalue weighted by Gasteiger charge is -2.23. The Morgan fingerprint density at radius 3 is 2.86 bits per heavy atom. The van der Waals surface area contributed by atoms with Crippen molar-refractivity contribution in [3.05, 3.63) is 47.4 Å². The Labute approximate surface area is 169 Å². The number of methoxy groups -OCH3 is 1. The fourth-order valence-electron chi connectivity index (χ4n) is 3.35. The van der Waals surface area contributed by atoms with E-state index in [-0.39, 0.29) is 30.8 Å². The van der Waals surface area contributed by atoms with Gasteiger partial charge in [-0.15, -0.1) is 0 Å². The van der Waals surface area contributed by atoms with Gasteiger partial charge >= 0.3 is 0 Å². The molecule has 1 saturated heterocycles. The highest BCUT2D eigenvalue weighted by Gasteiger charge is 2.36. The minimum atomic E-state index is -0.435. The first-order valence-electron chi connectivity index (χ1n) is 9.02. The minimum Gasteiger partial charge on any atom is -0.495 e. The maximum absolute atomic E-state index is 12.7. The number of carbonyl (C=O) groups is 2. The number of likely N-dealkylation sites (N-methyl/N-ethyl adjacent to an activating group) is 1. The molecule has 0 spiro atoms. The van der Waals surface area contributed by atoms with E-state index in [0.29, 0.717) is 23.0 Å². The summed E-state index contributed by atoms with van der Waals surface area (Å²) >= 11 is 6.08. The first kappa shape index (κ1) is 20.2. The lowest BCUT2D eigenvalue weighted by Crippen LogP contribution is -2.38.